The Labute approximate surface area is 87.3 Å². The van der Waals surface area contributed by atoms with E-state index in [0.717, 1.165) is 5.75 Å². The Kier molecular flexibility index (Phi) is 2.83. The summed E-state index contributed by atoms with van der Waals surface area (Å²) in [5.74, 6) is 1.44. The Morgan fingerprint density at radius 3 is 2.00 bits per heavy atom. The van der Waals surface area contributed by atoms with Crippen LogP contribution in [0.5, 0.6) is 11.5 Å². The lowest BCUT2D eigenvalue weighted by atomic mass is 10.3. The number of rotatable bonds is 3. The lowest BCUT2D eigenvalue weighted by Crippen LogP contribution is -1.84. The lowest BCUT2D eigenvalue weighted by molar-refractivity contribution is 0.482. The van der Waals surface area contributed by atoms with Crippen LogP contribution in [0, 0.1) is 0 Å². The minimum Gasteiger partial charge on any atom is -0.457 e. The molecule has 0 aliphatic rings. The Balaban J connectivity index is 2.11. The maximum Gasteiger partial charge on any atom is 0.127 e. The molecule has 0 aliphatic heterocycles. The van der Waals surface area contributed by atoms with E-state index in [1.807, 2.05) is 30.3 Å². The van der Waals surface area contributed by atoms with Gasteiger partial charge in [0.2, 0.25) is 0 Å². The van der Waals surface area contributed by atoms with Gasteiger partial charge in [-0.3, -0.25) is 0 Å². The summed E-state index contributed by atoms with van der Waals surface area (Å²) >= 11 is 0. The number of anilines is 1. The second-order valence-corrected chi connectivity index (χ2v) is 3.03. The number of ether oxygens (including phenoxy) is 1. The molecule has 3 heteroatoms. The molecule has 0 radical (unpaired) electrons. The van der Waals surface area contributed by atoms with Crippen LogP contribution in [-0.4, -0.2) is 0 Å². The van der Waals surface area contributed by atoms with Gasteiger partial charge < -0.3 is 4.74 Å². The van der Waals surface area contributed by atoms with E-state index in [0.29, 0.717) is 11.4 Å². The van der Waals surface area contributed by atoms with E-state index >= 15 is 0 Å². The number of para-hydroxylation sites is 1. The van der Waals surface area contributed by atoms with E-state index < -0.39 is 0 Å². The van der Waals surface area contributed by atoms with Crippen molar-refractivity contribution in [2.24, 2.45) is 0 Å². The van der Waals surface area contributed by atoms with Crippen molar-refractivity contribution in [2.45, 2.75) is 0 Å². The van der Waals surface area contributed by atoms with Gasteiger partial charge in [0, 0.05) is 0 Å². The second kappa shape index (κ2) is 4.46. The zero-order chi connectivity index (χ0) is 10.5. The standard InChI is InChI=1S/C12H10FNO/c13-14-10-6-8-12(9-7-10)15-11-4-2-1-3-5-11/h1-9,14H. The predicted octanol–water partition coefficient (Wildman–Crippen LogP) is 3.78. The van der Waals surface area contributed by atoms with Gasteiger partial charge in [-0.2, -0.15) is 0 Å². The summed E-state index contributed by atoms with van der Waals surface area (Å²) in [6.07, 6.45) is 0. The van der Waals surface area contributed by atoms with Crippen molar-refractivity contribution in [3.8, 4) is 11.5 Å². The molecule has 2 nitrogen and oxygen atoms in total. The van der Waals surface area contributed by atoms with E-state index in [-0.39, 0.29) is 0 Å². The highest BCUT2D eigenvalue weighted by Gasteiger charge is 1.96. The first-order valence-corrected chi connectivity index (χ1v) is 4.58. The molecule has 2 aromatic carbocycles. The number of hydrogen-bond acceptors (Lipinski definition) is 2. The van der Waals surface area contributed by atoms with Crippen LogP contribution in [0.4, 0.5) is 10.2 Å². The third-order valence-electron chi connectivity index (χ3n) is 1.94. The first kappa shape index (κ1) is 9.52. The number of nitrogens with one attached hydrogen (secondary N) is 1. The number of hydrogen-bond donors (Lipinski definition) is 1. The summed E-state index contributed by atoms with van der Waals surface area (Å²) in [6.45, 7) is 0. The molecule has 0 heterocycles. The number of benzene rings is 2. The van der Waals surface area contributed by atoms with Gasteiger partial charge in [-0.1, -0.05) is 18.2 Å². The molecule has 1 N–H and O–H groups in total. The van der Waals surface area contributed by atoms with Crippen molar-refractivity contribution in [3.63, 3.8) is 0 Å². The van der Waals surface area contributed by atoms with Crippen LogP contribution in [-0.2, 0) is 0 Å². The van der Waals surface area contributed by atoms with Crippen molar-refractivity contribution in [2.75, 3.05) is 5.54 Å². The van der Waals surface area contributed by atoms with E-state index in [1.165, 1.54) is 0 Å². The highest BCUT2D eigenvalue weighted by molar-refractivity contribution is 5.45. The van der Waals surface area contributed by atoms with Gasteiger partial charge >= 0.3 is 0 Å². The Morgan fingerprint density at radius 1 is 0.800 bits per heavy atom. The molecule has 2 aromatic rings. The maximum atomic E-state index is 12.0. The topological polar surface area (TPSA) is 21.3 Å². The van der Waals surface area contributed by atoms with Crippen molar-refractivity contribution in [1.82, 2.24) is 0 Å². The number of halogens is 1. The summed E-state index contributed by atoms with van der Waals surface area (Å²) in [6, 6.07) is 16.1. The molecule has 0 aromatic heterocycles. The van der Waals surface area contributed by atoms with Crippen LogP contribution >= 0.6 is 0 Å². The smallest absolute Gasteiger partial charge is 0.127 e. The largest absolute Gasteiger partial charge is 0.457 e. The molecule has 15 heavy (non-hydrogen) atoms. The maximum absolute atomic E-state index is 12.0. The molecular weight excluding hydrogens is 193 g/mol. The van der Waals surface area contributed by atoms with Crippen LogP contribution in [0.25, 0.3) is 0 Å². The molecule has 0 saturated heterocycles. The summed E-state index contributed by atoms with van der Waals surface area (Å²) in [4.78, 5) is 0. The van der Waals surface area contributed by atoms with E-state index in [9.17, 15) is 4.48 Å². The molecule has 0 amide bonds. The van der Waals surface area contributed by atoms with Gasteiger partial charge in [0.25, 0.3) is 0 Å². The minimum atomic E-state index is 0.412. The molecule has 0 unspecified atom stereocenters. The fourth-order valence-corrected chi connectivity index (χ4v) is 1.21. The van der Waals surface area contributed by atoms with Crippen molar-refractivity contribution >= 4 is 5.69 Å². The fraction of sp³-hybridized carbons (Fsp3) is 0. The summed E-state index contributed by atoms with van der Waals surface area (Å²) < 4.78 is 17.5. The van der Waals surface area contributed by atoms with Crippen molar-refractivity contribution in [1.29, 1.82) is 0 Å². The van der Waals surface area contributed by atoms with Gasteiger partial charge in [0.15, 0.2) is 0 Å². The highest BCUT2D eigenvalue weighted by Crippen LogP contribution is 2.22. The van der Waals surface area contributed by atoms with Gasteiger partial charge in [-0.15, -0.1) is 4.48 Å². The monoisotopic (exact) mass is 203 g/mol. The van der Waals surface area contributed by atoms with Gasteiger partial charge in [-0.25, -0.2) is 5.54 Å². The average molecular weight is 203 g/mol. The quantitative estimate of drug-likeness (QED) is 0.766. The van der Waals surface area contributed by atoms with Gasteiger partial charge in [0.05, 0.1) is 5.69 Å². The first-order valence-electron chi connectivity index (χ1n) is 4.58. The van der Waals surface area contributed by atoms with Gasteiger partial charge in [0.1, 0.15) is 11.5 Å². The zero-order valence-corrected chi connectivity index (χ0v) is 7.98. The zero-order valence-electron chi connectivity index (χ0n) is 7.98. The Bertz CT molecular complexity index is 413. The van der Waals surface area contributed by atoms with E-state index in [4.69, 9.17) is 4.74 Å². The molecule has 0 spiro atoms. The van der Waals surface area contributed by atoms with Crippen molar-refractivity contribution < 1.29 is 9.22 Å². The fourth-order valence-electron chi connectivity index (χ4n) is 1.21. The molecule has 0 saturated carbocycles. The third kappa shape index (κ3) is 2.47. The molecule has 0 aliphatic carbocycles. The van der Waals surface area contributed by atoms with Crippen LogP contribution in [0.3, 0.4) is 0 Å². The molecule has 2 rings (SSSR count). The molecule has 0 atom stereocenters. The Morgan fingerprint density at radius 2 is 1.40 bits per heavy atom. The molecule has 0 fully saturated rings. The first-order chi connectivity index (χ1) is 7.38. The van der Waals surface area contributed by atoms with E-state index in [2.05, 4.69) is 0 Å². The van der Waals surface area contributed by atoms with E-state index in [1.54, 1.807) is 29.8 Å². The minimum absolute atomic E-state index is 0.412. The third-order valence-corrected chi connectivity index (χ3v) is 1.94. The summed E-state index contributed by atoms with van der Waals surface area (Å²) in [5.41, 5.74) is 1.97. The summed E-state index contributed by atoms with van der Waals surface area (Å²) in [5, 5.41) is 0. The summed E-state index contributed by atoms with van der Waals surface area (Å²) in [7, 11) is 0. The highest BCUT2D eigenvalue weighted by atomic mass is 19.2. The molecule has 0 bridgehead atoms. The van der Waals surface area contributed by atoms with Crippen LogP contribution in [0.15, 0.2) is 54.6 Å². The van der Waals surface area contributed by atoms with Crippen LogP contribution < -0.4 is 10.3 Å². The normalized spacial score (nSPS) is 9.67. The van der Waals surface area contributed by atoms with Crippen LogP contribution in [0.1, 0.15) is 0 Å². The van der Waals surface area contributed by atoms with Crippen molar-refractivity contribution in [3.05, 3.63) is 54.6 Å². The lowest BCUT2D eigenvalue weighted by Gasteiger charge is -2.05. The molecular formula is C12H10FNO. The molecule has 76 valence electrons. The van der Waals surface area contributed by atoms with Crippen LogP contribution in [0.2, 0.25) is 0 Å². The second-order valence-electron chi connectivity index (χ2n) is 3.03. The Hall–Kier alpha value is -2.03. The predicted molar refractivity (Wildman–Crippen MR) is 57.7 cm³/mol. The average Bonchev–Trinajstić information content (AvgIpc) is 2.31. The SMILES string of the molecule is FNc1ccc(Oc2ccccc2)cc1. The van der Waals surface area contributed by atoms with Gasteiger partial charge in [-0.05, 0) is 36.4 Å².